The molecule has 2 aromatic rings. The van der Waals surface area contributed by atoms with E-state index in [2.05, 4.69) is 0 Å². The molecule has 0 heterocycles. The van der Waals surface area contributed by atoms with Crippen LogP contribution in [0.1, 0.15) is 27.6 Å². The van der Waals surface area contributed by atoms with Crippen LogP contribution in [0.5, 0.6) is 17.2 Å². The van der Waals surface area contributed by atoms with E-state index in [1.165, 1.54) is 27.2 Å². The summed E-state index contributed by atoms with van der Waals surface area (Å²) >= 11 is 0. The first kappa shape index (κ1) is 18.3. The number of esters is 1. The zero-order chi connectivity index (χ0) is 18.4. The number of carbonyl (C=O) groups excluding carboxylic acids is 2. The fraction of sp³-hybridized carbons (Fsp3) is 0.263. The highest BCUT2D eigenvalue weighted by Crippen LogP contribution is 2.25. The Balaban J connectivity index is 2.14. The summed E-state index contributed by atoms with van der Waals surface area (Å²) in [5.74, 6) is 0.502. The van der Waals surface area contributed by atoms with Crippen molar-refractivity contribution in [2.24, 2.45) is 0 Å². The molecule has 25 heavy (non-hydrogen) atoms. The molecule has 0 saturated heterocycles. The number of benzene rings is 2. The number of carbonyl (C=O) groups is 2. The van der Waals surface area contributed by atoms with E-state index in [1.807, 2.05) is 0 Å². The van der Waals surface area contributed by atoms with Crippen LogP contribution in [0.15, 0.2) is 42.5 Å². The second kappa shape index (κ2) is 8.19. The van der Waals surface area contributed by atoms with Crippen molar-refractivity contribution in [2.75, 3.05) is 21.3 Å². The second-order valence-electron chi connectivity index (χ2n) is 5.21. The molecule has 0 aliphatic rings. The molecular weight excluding hydrogens is 324 g/mol. The number of rotatable bonds is 7. The summed E-state index contributed by atoms with van der Waals surface area (Å²) < 4.78 is 20.6. The third-order valence-electron chi connectivity index (χ3n) is 3.65. The number of ketones is 1. The van der Waals surface area contributed by atoms with Crippen LogP contribution in [0.4, 0.5) is 0 Å². The first-order chi connectivity index (χ1) is 12.0. The third-order valence-corrected chi connectivity index (χ3v) is 3.65. The van der Waals surface area contributed by atoms with Crippen molar-refractivity contribution in [1.29, 1.82) is 0 Å². The lowest BCUT2D eigenvalue weighted by Gasteiger charge is -2.14. The molecule has 0 spiro atoms. The van der Waals surface area contributed by atoms with Crippen molar-refractivity contribution < 1.29 is 28.5 Å². The Kier molecular flexibility index (Phi) is 6.00. The average Bonchev–Trinajstić information content (AvgIpc) is 2.66. The fourth-order valence-electron chi connectivity index (χ4n) is 2.24. The molecule has 0 aromatic heterocycles. The van der Waals surface area contributed by atoms with Gasteiger partial charge in [0.25, 0.3) is 0 Å². The van der Waals surface area contributed by atoms with Crippen LogP contribution >= 0.6 is 0 Å². The maximum Gasteiger partial charge on any atom is 0.342 e. The number of methoxy groups -OCH3 is 3. The van der Waals surface area contributed by atoms with Crippen LogP contribution in [0.25, 0.3) is 0 Å². The van der Waals surface area contributed by atoms with Gasteiger partial charge in [0.2, 0.25) is 5.78 Å². The molecule has 132 valence electrons. The highest BCUT2D eigenvalue weighted by atomic mass is 16.5. The summed E-state index contributed by atoms with van der Waals surface area (Å²) in [6.45, 7) is 1.52. The Morgan fingerprint density at radius 3 is 2.00 bits per heavy atom. The van der Waals surface area contributed by atoms with Gasteiger partial charge in [-0.05, 0) is 49.4 Å². The van der Waals surface area contributed by atoms with E-state index < -0.39 is 12.1 Å². The molecule has 0 bridgehead atoms. The van der Waals surface area contributed by atoms with Gasteiger partial charge in [-0.3, -0.25) is 4.79 Å². The zero-order valence-electron chi connectivity index (χ0n) is 14.6. The number of ether oxygens (including phenoxy) is 4. The van der Waals surface area contributed by atoms with Crippen LogP contribution < -0.4 is 14.2 Å². The van der Waals surface area contributed by atoms with Crippen molar-refractivity contribution in [3.8, 4) is 17.2 Å². The van der Waals surface area contributed by atoms with Crippen molar-refractivity contribution in [1.82, 2.24) is 0 Å². The molecule has 0 unspecified atom stereocenters. The van der Waals surface area contributed by atoms with Crippen molar-refractivity contribution >= 4 is 11.8 Å². The summed E-state index contributed by atoms with van der Waals surface area (Å²) in [7, 11) is 4.49. The zero-order valence-corrected chi connectivity index (χ0v) is 14.6. The molecule has 0 saturated carbocycles. The molecule has 6 nitrogen and oxygen atoms in total. The van der Waals surface area contributed by atoms with E-state index in [1.54, 1.807) is 43.5 Å². The van der Waals surface area contributed by atoms with Crippen molar-refractivity contribution in [3.05, 3.63) is 53.6 Å². The highest BCUT2D eigenvalue weighted by Gasteiger charge is 2.23. The monoisotopic (exact) mass is 344 g/mol. The van der Waals surface area contributed by atoms with Gasteiger partial charge < -0.3 is 18.9 Å². The first-order valence-electron chi connectivity index (χ1n) is 7.61. The Morgan fingerprint density at radius 2 is 1.44 bits per heavy atom. The fourth-order valence-corrected chi connectivity index (χ4v) is 2.24. The Hall–Kier alpha value is -3.02. The molecule has 2 aromatic carbocycles. The number of hydrogen-bond donors (Lipinski definition) is 0. The second-order valence-corrected chi connectivity index (χ2v) is 5.21. The predicted molar refractivity (Wildman–Crippen MR) is 91.7 cm³/mol. The van der Waals surface area contributed by atoms with E-state index in [4.69, 9.17) is 18.9 Å². The number of hydrogen-bond acceptors (Lipinski definition) is 6. The van der Waals surface area contributed by atoms with Crippen molar-refractivity contribution in [2.45, 2.75) is 13.0 Å². The SMILES string of the molecule is COc1ccc(C(=O)[C@H](C)OC(=O)c2cc(OC)ccc2OC)cc1. The summed E-state index contributed by atoms with van der Waals surface area (Å²) in [6, 6.07) is 11.4. The maximum absolute atomic E-state index is 12.4. The summed E-state index contributed by atoms with van der Waals surface area (Å²) in [6.07, 6.45) is -0.947. The molecule has 2 rings (SSSR count). The Morgan fingerprint density at radius 1 is 0.840 bits per heavy atom. The van der Waals surface area contributed by atoms with Crippen LogP contribution in [-0.4, -0.2) is 39.2 Å². The van der Waals surface area contributed by atoms with E-state index in [0.29, 0.717) is 22.8 Å². The molecule has 6 heteroatoms. The standard InChI is InChI=1S/C19H20O6/c1-12(18(20)13-5-7-14(22-2)8-6-13)25-19(21)16-11-15(23-3)9-10-17(16)24-4/h5-12H,1-4H3/t12-/m0/s1. The van der Waals surface area contributed by atoms with Crippen LogP contribution in [0.3, 0.4) is 0 Å². The minimum absolute atomic E-state index is 0.191. The van der Waals surface area contributed by atoms with E-state index in [9.17, 15) is 9.59 Å². The minimum atomic E-state index is -0.947. The molecule has 0 N–H and O–H groups in total. The van der Waals surface area contributed by atoms with Gasteiger partial charge in [0.15, 0.2) is 6.10 Å². The summed E-state index contributed by atoms with van der Waals surface area (Å²) in [4.78, 5) is 24.8. The quantitative estimate of drug-likeness (QED) is 0.568. The predicted octanol–water partition coefficient (Wildman–Crippen LogP) is 3.14. The minimum Gasteiger partial charge on any atom is -0.497 e. The molecule has 0 amide bonds. The van der Waals surface area contributed by atoms with Crippen LogP contribution in [0.2, 0.25) is 0 Å². The Bertz CT molecular complexity index is 751. The maximum atomic E-state index is 12.4. The van der Waals surface area contributed by atoms with E-state index in [0.717, 1.165) is 0 Å². The normalized spacial score (nSPS) is 11.4. The van der Waals surface area contributed by atoms with Gasteiger partial charge in [-0.15, -0.1) is 0 Å². The molecule has 0 radical (unpaired) electrons. The van der Waals surface area contributed by atoms with Gasteiger partial charge in [0.05, 0.1) is 21.3 Å². The molecular formula is C19H20O6. The summed E-state index contributed by atoms with van der Waals surface area (Å²) in [5, 5.41) is 0. The topological polar surface area (TPSA) is 71.1 Å². The van der Waals surface area contributed by atoms with Crippen LogP contribution in [0, 0.1) is 0 Å². The third kappa shape index (κ3) is 4.29. The first-order valence-corrected chi connectivity index (χ1v) is 7.61. The smallest absolute Gasteiger partial charge is 0.342 e. The van der Waals surface area contributed by atoms with E-state index in [-0.39, 0.29) is 11.3 Å². The van der Waals surface area contributed by atoms with Crippen LogP contribution in [-0.2, 0) is 4.74 Å². The highest BCUT2D eigenvalue weighted by molar-refractivity contribution is 6.02. The lowest BCUT2D eigenvalue weighted by molar-refractivity contribution is 0.0315. The average molecular weight is 344 g/mol. The molecule has 0 aliphatic carbocycles. The Labute approximate surface area is 146 Å². The molecule has 0 fully saturated rings. The van der Waals surface area contributed by atoms with Crippen molar-refractivity contribution in [3.63, 3.8) is 0 Å². The van der Waals surface area contributed by atoms with Gasteiger partial charge in [-0.25, -0.2) is 4.79 Å². The summed E-state index contributed by atoms with van der Waals surface area (Å²) in [5.41, 5.74) is 0.620. The van der Waals surface area contributed by atoms with Gasteiger partial charge >= 0.3 is 5.97 Å². The lowest BCUT2D eigenvalue weighted by Crippen LogP contribution is -2.24. The van der Waals surface area contributed by atoms with E-state index >= 15 is 0 Å². The largest absolute Gasteiger partial charge is 0.497 e. The lowest BCUT2D eigenvalue weighted by atomic mass is 10.1. The van der Waals surface area contributed by atoms with Gasteiger partial charge in [0.1, 0.15) is 22.8 Å². The van der Waals surface area contributed by atoms with Gasteiger partial charge in [-0.1, -0.05) is 0 Å². The van der Waals surface area contributed by atoms with Gasteiger partial charge in [-0.2, -0.15) is 0 Å². The molecule has 1 atom stereocenters. The molecule has 0 aliphatic heterocycles. The van der Waals surface area contributed by atoms with Gasteiger partial charge in [0, 0.05) is 5.56 Å². The number of Topliss-reactive ketones (excluding diaryl/α,β-unsaturated/α-hetero) is 1.